The molecule has 2 nitrogen and oxygen atoms in total. The molecule has 3 heteroatoms. The minimum absolute atomic E-state index is 0.0812. The first-order valence-corrected chi connectivity index (χ1v) is 7.20. The molecule has 0 bridgehead atoms. The van der Waals surface area contributed by atoms with Crippen LogP contribution in [0.2, 0.25) is 0 Å². The van der Waals surface area contributed by atoms with Gasteiger partial charge in [0.05, 0.1) is 12.4 Å². The number of thioether (sulfide) groups is 1. The normalized spacial score (nSPS) is 12.2. The number of carbonyl (C=O) groups is 1. The minimum atomic E-state index is -0.334. The molecule has 0 aliphatic rings. The van der Waals surface area contributed by atoms with E-state index in [1.807, 2.05) is 42.5 Å². The Morgan fingerprint density at radius 1 is 1.05 bits per heavy atom. The predicted molar refractivity (Wildman–Crippen MR) is 82.6 cm³/mol. The summed E-state index contributed by atoms with van der Waals surface area (Å²) >= 11 is 1.70. The van der Waals surface area contributed by atoms with Gasteiger partial charge in [0, 0.05) is 11.0 Å². The highest BCUT2D eigenvalue weighted by Crippen LogP contribution is 2.36. The van der Waals surface area contributed by atoms with Crippen LogP contribution in [0.5, 0.6) is 0 Å². The summed E-state index contributed by atoms with van der Waals surface area (Å²) in [5.41, 5.74) is 1.15. The van der Waals surface area contributed by atoms with Crippen molar-refractivity contribution < 1.29 is 9.53 Å². The van der Waals surface area contributed by atoms with E-state index in [1.54, 1.807) is 11.8 Å². The highest BCUT2D eigenvalue weighted by molar-refractivity contribution is 7.99. The molecule has 0 aromatic heterocycles. The maximum absolute atomic E-state index is 11.3. The Bertz CT molecular complexity index is 564. The van der Waals surface area contributed by atoms with Gasteiger partial charge in [-0.15, -0.1) is 11.8 Å². The molecule has 20 heavy (non-hydrogen) atoms. The van der Waals surface area contributed by atoms with Crippen LogP contribution in [0.25, 0.3) is 0 Å². The van der Waals surface area contributed by atoms with Crippen molar-refractivity contribution in [2.75, 3.05) is 7.11 Å². The first-order chi connectivity index (χ1) is 9.79. The van der Waals surface area contributed by atoms with E-state index in [2.05, 4.69) is 29.0 Å². The second-order valence-electron chi connectivity index (χ2n) is 4.14. The van der Waals surface area contributed by atoms with Crippen molar-refractivity contribution in [1.29, 1.82) is 0 Å². The fourth-order valence-corrected chi connectivity index (χ4v) is 2.80. The van der Waals surface area contributed by atoms with Gasteiger partial charge in [-0.2, -0.15) is 0 Å². The lowest BCUT2D eigenvalue weighted by Crippen LogP contribution is -1.96. The summed E-state index contributed by atoms with van der Waals surface area (Å²) in [6, 6.07) is 20.2. The average Bonchev–Trinajstić information content (AvgIpc) is 2.53. The van der Waals surface area contributed by atoms with E-state index in [-0.39, 0.29) is 11.2 Å². The molecule has 0 aliphatic carbocycles. The lowest BCUT2D eigenvalue weighted by atomic mass is 10.1. The molecule has 0 spiro atoms. The lowest BCUT2D eigenvalue weighted by Gasteiger charge is -2.12. The number of rotatable bonds is 5. The molecule has 102 valence electrons. The lowest BCUT2D eigenvalue weighted by molar-refractivity contribution is -0.134. The number of methoxy groups -OCH3 is 1. The van der Waals surface area contributed by atoms with Crippen molar-refractivity contribution in [3.63, 3.8) is 0 Å². The van der Waals surface area contributed by atoms with E-state index in [0.717, 1.165) is 10.5 Å². The van der Waals surface area contributed by atoms with Crippen molar-refractivity contribution in [3.8, 4) is 0 Å². The van der Waals surface area contributed by atoms with Gasteiger partial charge in [0.15, 0.2) is 0 Å². The number of hydrogen-bond acceptors (Lipinski definition) is 3. The van der Waals surface area contributed by atoms with Crippen molar-refractivity contribution in [3.05, 3.63) is 78.4 Å². The smallest absolute Gasteiger partial charge is 0.330 e. The van der Waals surface area contributed by atoms with Gasteiger partial charge < -0.3 is 4.74 Å². The van der Waals surface area contributed by atoms with Crippen LogP contribution in [-0.2, 0) is 9.53 Å². The number of hydrogen-bond donors (Lipinski definition) is 0. The highest BCUT2D eigenvalue weighted by atomic mass is 32.2. The Hall–Kier alpha value is -2.00. The van der Waals surface area contributed by atoms with Gasteiger partial charge in [-0.3, -0.25) is 0 Å². The zero-order chi connectivity index (χ0) is 14.2. The Morgan fingerprint density at radius 2 is 1.65 bits per heavy atom. The van der Waals surface area contributed by atoms with Gasteiger partial charge in [-0.1, -0.05) is 54.6 Å². The summed E-state index contributed by atoms with van der Waals surface area (Å²) in [7, 11) is 1.38. The summed E-state index contributed by atoms with van der Waals surface area (Å²) < 4.78 is 4.65. The monoisotopic (exact) mass is 284 g/mol. The maximum Gasteiger partial charge on any atom is 0.330 e. The third-order valence-corrected chi connectivity index (χ3v) is 3.97. The van der Waals surface area contributed by atoms with Gasteiger partial charge in [0.1, 0.15) is 0 Å². The zero-order valence-corrected chi connectivity index (χ0v) is 12.0. The molecule has 0 saturated carbocycles. The Labute approximate surface area is 123 Å². The fraction of sp³-hybridized carbons (Fsp3) is 0.118. The van der Waals surface area contributed by atoms with Crippen molar-refractivity contribution >= 4 is 17.7 Å². The number of ether oxygens (including phenoxy) is 1. The van der Waals surface area contributed by atoms with Crippen LogP contribution in [0.3, 0.4) is 0 Å². The Balaban J connectivity index is 2.20. The molecule has 0 amide bonds. The van der Waals surface area contributed by atoms with Gasteiger partial charge in [0.2, 0.25) is 0 Å². The molecule has 2 aromatic carbocycles. The maximum atomic E-state index is 11.3. The number of benzene rings is 2. The molecule has 0 aliphatic heterocycles. The van der Waals surface area contributed by atoms with Gasteiger partial charge in [-0.25, -0.2) is 4.79 Å². The molecular formula is C17H16O2S. The van der Waals surface area contributed by atoms with Crippen molar-refractivity contribution in [2.45, 2.75) is 10.1 Å². The number of esters is 1. The third-order valence-electron chi connectivity index (χ3n) is 2.74. The van der Waals surface area contributed by atoms with E-state index < -0.39 is 0 Å². The van der Waals surface area contributed by atoms with Crippen LogP contribution in [-0.4, -0.2) is 13.1 Å². The van der Waals surface area contributed by atoms with E-state index in [4.69, 9.17) is 0 Å². The molecule has 0 fully saturated rings. The molecule has 0 saturated heterocycles. The standard InChI is InChI=1S/C17H16O2S/c1-19-17(18)13-12-16(14-8-4-2-5-9-14)20-15-10-6-3-7-11-15/h2-13,16H,1H3/b13-12+. The molecule has 2 aromatic rings. The Kier molecular flexibility index (Phi) is 5.44. The Morgan fingerprint density at radius 3 is 2.25 bits per heavy atom. The zero-order valence-electron chi connectivity index (χ0n) is 11.2. The first kappa shape index (κ1) is 14.4. The predicted octanol–water partition coefficient (Wildman–Crippen LogP) is 4.25. The van der Waals surface area contributed by atoms with Crippen LogP contribution < -0.4 is 0 Å². The fourth-order valence-electron chi connectivity index (χ4n) is 1.74. The van der Waals surface area contributed by atoms with Crippen LogP contribution in [0.4, 0.5) is 0 Å². The van der Waals surface area contributed by atoms with Crippen LogP contribution >= 0.6 is 11.8 Å². The van der Waals surface area contributed by atoms with E-state index in [9.17, 15) is 4.79 Å². The highest BCUT2D eigenvalue weighted by Gasteiger charge is 2.10. The number of carbonyl (C=O) groups excluding carboxylic acids is 1. The minimum Gasteiger partial charge on any atom is -0.466 e. The molecule has 0 heterocycles. The SMILES string of the molecule is COC(=O)/C=C/C(Sc1ccccc1)c1ccccc1. The molecular weight excluding hydrogens is 268 g/mol. The van der Waals surface area contributed by atoms with Gasteiger partial charge in [-0.05, 0) is 17.7 Å². The average molecular weight is 284 g/mol. The second kappa shape index (κ2) is 7.56. The molecule has 2 rings (SSSR count). The topological polar surface area (TPSA) is 26.3 Å². The molecule has 0 radical (unpaired) electrons. The summed E-state index contributed by atoms with van der Waals surface area (Å²) in [4.78, 5) is 12.4. The third kappa shape index (κ3) is 4.28. The quantitative estimate of drug-likeness (QED) is 0.466. The van der Waals surface area contributed by atoms with E-state index in [1.165, 1.54) is 13.2 Å². The molecule has 1 unspecified atom stereocenters. The van der Waals surface area contributed by atoms with E-state index in [0.29, 0.717) is 0 Å². The summed E-state index contributed by atoms with van der Waals surface area (Å²) in [5, 5.41) is 0.0812. The summed E-state index contributed by atoms with van der Waals surface area (Å²) in [5.74, 6) is -0.334. The van der Waals surface area contributed by atoms with Crippen molar-refractivity contribution in [2.24, 2.45) is 0 Å². The van der Waals surface area contributed by atoms with Crippen LogP contribution in [0, 0.1) is 0 Å². The van der Waals surface area contributed by atoms with Crippen LogP contribution in [0.15, 0.2) is 77.7 Å². The van der Waals surface area contributed by atoms with Gasteiger partial charge in [0.25, 0.3) is 0 Å². The summed E-state index contributed by atoms with van der Waals surface area (Å²) in [6.45, 7) is 0. The summed E-state index contributed by atoms with van der Waals surface area (Å²) in [6.07, 6.45) is 3.35. The second-order valence-corrected chi connectivity index (χ2v) is 5.36. The molecule has 1 atom stereocenters. The van der Waals surface area contributed by atoms with E-state index >= 15 is 0 Å². The van der Waals surface area contributed by atoms with Crippen LogP contribution in [0.1, 0.15) is 10.8 Å². The first-order valence-electron chi connectivity index (χ1n) is 6.32. The molecule has 0 N–H and O–H groups in total. The largest absolute Gasteiger partial charge is 0.466 e. The van der Waals surface area contributed by atoms with Crippen molar-refractivity contribution in [1.82, 2.24) is 0 Å². The van der Waals surface area contributed by atoms with Gasteiger partial charge >= 0.3 is 5.97 Å².